The molecule has 1 aromatic heterocycles. The minimum atomic E-state index is -0.726. The number of rotatable bonds is 5. The first kappa shape index (κ1) is 21.8. The summed E-state index contributed by atoms with van der Waals surface area (Å²) in [6.45, 7) is 2.22. The highest BCUT2D eigenvalue weighted by Crippen LogP contribution is 2.43. The second-order valence-electron chi connectivity index (χ2n) is 8.45. The lowest BCUT2D eigenvalue weighted by Crippen LogP contribution is -2.38. The third-order valence-corrected chi connectivity index (χ3v) is 7.24. The molecule has 34 heavy (non-hydrogen) atoms. The van der Waals surface area contributed by atoms with Gasteiger partial charge in [-0.25, -0.2) is 0 Å². The van der Waals surface area contributed by atoms with Crippen LogP contribution >= 0.6 is 11.3 Å². The molecule has 0 fully saturated rings. The number of hydrogen-bond acceptors (Lipinski definition) is 8. The fraction of sp³-hybridized carbons (Fsp3) is 0.261. The number of nitrogens with one attached hydrogen (secondary N) is 2. The number of nitro groups is 2. The van der Waals surface area contributed by atoms with E-state index in [1.54, 1.807) is 29.5 Å². The third-order valence-electron chi connectivity index (χ3n) is 6.06. The van der Waals surface area contributed by atoms with E-state index in [2.05, 4.69) is 17.6 Å². The van der Waals surface area contributed by atoms with Crippen LogP contribution in [0.3, 0.4) is 0 Å². The second-order valence-corrected chi connectivity index (χ2v) is 9.55. The summed E-state index contributed by atoms with van der Waals surface area (Å²) in [6.07, 6.45) is 2.46. The van der Waals surface area contributed by atoms with Crippen LogP contribution in [-0.4, -0.2) is 15.8 Å². The van der Waals surface area contributed by atoms with E-state index in [1.807, 2.05) is 6.07 Å². The van der Waals surface area contributed by atoms with E-state index in [4.69, 9.17) is 4.74 Å². The van der Waals surface area contributed by atoms with Crippen molar-refractivity contribution in [3.63, 3.8) is 0 Å². The monoisotopic (exact) mass is 480 g/mol. The molecule has 174 valence electrons. The molecule has 1 aliphatic carbocycles. The lowest BCUT2D eigenvalue weighted by Gasteiger charge is -2.27. The Morgan fingerprint density at radius 2 is 1.91 bits per heavy atom. The summed E-state index contributed by atoms with van der Waals surface area (Å²) < 4.78 is 5.71. The second kappa shape index (κ2) is 8.41. The molecule has 2 aliphatic rings. The van der Waals surface area contributed by atoms with Crippen molar-refractivity contribution in [3.8, 4) is 11.5 Å². The topological polar surface area (TPSA) is 137 Å². The highest BCUT2D eigenvalue weighted by atomic mass is 32.1. The number of fused-ring (bicyclic) bond motifs is 3. The standard InChI is InChI=1S/C23H20N4O6S/c1-12-5-7-16-19(9-12)34-23-20(16)22(28)24-21(25-23)13-3-2-4-15(10-13)33-18-8-6-14(26(29)30)11-17(18)27(31)32/h2-4,6,8,10-12,21,25H,5,7,9H2,1H3,(H,24,28)/t12-,21-/m1/s1. The van der Waals surface area contributed by atoms with Crippen molar-refractivity contribution >= 4 is 33.6 Å². The Morgan fingerprint density at radius 1 is 1.09 bits per heavy atom. The number of carbonyl (C=O) groups excluding carboxylic acids is 1. The Morgan fingerprint density at radius 3 is 2.68 bits per heavy atom. The molecule has 0 radical (unpaired) electrons. The zero-order chi connectivity index (χ0) is 24.0. The number of nitrogens with zero attached hydrogens (tertiary/aromatic N) is 2. The summed E-state index contributed by atoms with van der Waals surface area (Å²) in [5.74, 6) is 0.665. The summed E-state index contributed by atoms with van der Waals surface area (Å²) in [6, 6.07) is 10.0. The lowest BCUT2D eigenvalue weighted by molar-refractivity contribution is -0.394. The van der Waals surface area contributed by atoms with Crippen molar-refractivity contribution < 1.29 is 19.4 Å². The maximum atomic E-state index is 13.0. The minimum Gasteiger partial charge on any atom is -0.450 e. The highest BCUT2D eigenvalue weighted by molar-refractivity contribution is 7.16. The molecule has 11 heteroatoms. The van der Waals surface area contributed by atoms with Crippen LogP contribution in [0.2, 0.25) is 0 Å². The predicted octanol–water partition coefficient (Wildman–Crippen LogP) is 5.34. The fourth-order valence-electron chi connectivity index (χ4n) is 4.36. The van der Waals surface area contributed by atoms with E-state index in [-0.39, 0.29) is 11.7 Å². The van der Waals surface area contributed by atoms with Gasteiger partial charge < -0.3 is 15.4 Å². The molecule has 10 nitrogen and oxygen atoms in total. The molecule has 2 N–H and O–H groups in total. The predicted molar refractivity (Wildman–Crippen MR) is 126 cm³/mol. The van der Waals surface area contributed by atoms with E-state index in [0.717, 1.165) is 47.5 Å². The van der Waals surface area contributed by atoms with Gasteiger partial charge in [0.05, 0.1) is 21.5 Å². The molecule has 2 heterocycles. The quantitative estimate of drug-likeness (QED) is 0.372. The Hall–Kier alpha value is -3.99. The highest BCUT2D eigenvalue weighted by Gasteiger charge is 2.33. The summed E-state index contributed by atoms with van der Waals surface area (Å²) in [5, 5.41) is 29.6. The number of hydrogen-bond donors (Lipinski definition) is 2. The van der Waals surface area contributed by atoms with Crippen LogP contribution in [0.25, 0.3) is 0 Å². The maximum Gasteiger partial charge on any atom is 0.318 e. The first-order chi connectivity index (χ1) is 16.3. The Labute approximate surface area is 197 Å². The number of anilines is 1. The van der Waals surface area contributed by atoms with Crippen molar-refractivity contribution in [2.24, 2.45) is 5.92 Å². The molecule has 0 bridgehead atoms. The fourth-order valence-corrected chi connectivity index (χ4v) is 5.80. The third kappa shape index (κ3) is 3.94. The van der Waals surface area contributed by atoms with Crippen LogP contribution in [0.5, 0.6) is 11.5 Å². The van der Waals surface area contributed by atoms with Crippen LogP contribution in [0.15, 0.2) is 42.5 Å². The molecule has 1 amide bonds. The first-order valence-corrected chi connectivity index (χ1v) is 11.5. The molecule has 0 unspecified atom stereocenters. The Bertz CT molecular complexity index is 1340. The molecule has 0 spiro atoms. The normalized spacial score (nSPS) is 18.8. The molecule has 1 aliphatic heterocycles. The van der Waals surface area contributed by atoms with Gasteiger partial charge in [0.25, 0.3) is 11.6 Å². The number of nitro benzene ring substituents is 2. The Kier molecular flexibility index (Phi) is 5.40. The molecule has 2 atom stereocenters. The van der Waals surface area contributed by atoms with Crippen LogP contribution in [0, 0.1) is 26.1 Å². The van der Waals surface area contributed by atoms with Gasteiger partial charge >= 0.3 is 5.69 Å². The van der Waals surface area contributed by atoms with Gasteiger partial charge in [0.1, 0.15) is 16.9 Å². The molecular weight excluding hydrogens is 460 g/mol. The van der Waals surface area contributed by atoms with E-state index in [1.165, 1.54) is 10.9 Å². The smallest absolute Gasteiger partial charge is 0.318 e. The van der Waals surface area contributed by atoms with E-state index < -0.39 is 27.4 Å². The van der Waals surface area contributed by atoms with Crippen LogP contribution in [0.4, 0.5) is 16.4 Å². The van der Waals surface area contributed by atoms with Crippen molar-refractivity contribution in [1.82, 2.24) is 5.32 Å². The SMILES string of the molecule is C[C@@H]1CCc2c(sc3c2C(=O)N[C@@H](c2cccc(Oc4ccc([N+](=O)[O-])cc4[N+](=O)[O-])c2)N3)C1. The molecule has 0 saturated carbocycles. The summed E-state index contributed by atoms with van der Waals surface area (Å²) in [5.41, 5.74) is 1.68. The van der Waals surface area contributed by atoms with Gasteiger partial charge in [-0.2, -0.15) is 0 Å². The van der Waals surface area contributed by atoms with Crippen LogP contribution in [0.1, 0.15) is 45.9 Å². The number of amides is 1. The van der Waals surface area contributed by atoms with Crippen molar-refractivity contribution in [2.45, 2.75) is 32.4 Å². The zero-order valence-electron chi connectivity index (χ0n) is 18.1. The average Bonchev–Trinajstić information content (AvgIpc) is 3.17. The molecule has 5 rings (SSSR count). The number of thiophene rings is 1. The summed E-state index contributed by atoms with van der Waals surface area (Å²) in [7, 11) is 0. The number of benzene rings is 2. The van der Waals surface area contributed by atoms with Gasteiger partial charge in [-0.15, -0.1) is 11.3 Å². The number of non-ortho nitro benzene ring substituents is 1. The lowest BCUT2D eigenvalue weighted by atomic mass is 9.88. The van der Waals surface area contributed by atoms with E-state index >= 15 is 0 Å². The molecule has 3 aromatic rings. The summed E-state index contributed by atoms with van der Waals surface area (Å²) >= 11 is 1.63. The van der Waals surface area contributed by atoms with Crippen molar-refractivity contribution in [3.05, 3.63) is 84.3 Å². The van der Waals surface area contributed by atoms with Crippen molar-refractivity contribution in [1.29, 1.82) is 0 Å². The van der Waals surface area contributed by atoms with Gasteiger partial charge in [0.15, 0.2) is 0 Å². The van der Waals surface area contributed by atoms with Gasteiger partial charge in [-0.3, -0.25) is 25.0 Å². The van der Waals surface area contributed by atoms with Gasteiger partial charge in [-0.1, -0.05) is 19.1 Å². The van der Waals surface area contributed by atoms with Crippen LogP contribution in [-0.2, 0) is 12.8 Å². The number of ether oxygens (including phenoxy) is 1. The van der Waals surface area contributed by atoms with Gasteiger partial charge in [0.2, 0.25) is 5.75 Å². The number of carbonyl (C=O) groups is 1. The average molecular weight is 481 g/mol. The molecule has 0 saturated heterocycles. The van der Waals surface area contributed by atoms with Gasteiger partial charge in [0, 0.05) is 10.9 Å². The van der Waals surface area contributed by atoms with E-state index in [9.17, 15) is 25.0 Å². The zero-order valence-corrected chi connectivity index (χ0v) is 18.9. The van der Waals surface area contributed by atoms with Crippen LogP contribution < -0.4 is 15.4 Å². The summed E-state index contributed by atoms with van der Waals surface area (Å²) in [4.78, 5) is 35.2. The molecule has 2 aromatic carbocycles. The largest absolute Gasteiger partial charge is 0.450 e. The first-order valence-electron chi connectivity index (χ1n) is 10.7. The van der Waals surface area contributed by atoms with E-state index in [0.29, 0.717) is 17.2 Å². The minimum absolute atomic E-state index is 0.115. The molecular formula is C23H20N4O6S. The Balaban J connectivity index is 1.41. The van der Waals surface area contributed by atoms with Crippen molar-refractivity contribution in [2.75, 3.05) is 5.32 Å². The maximum absolute atomic E-state index is 13.0. The van der Waals surface area contributed by atoms with Gasteiger partial charge in [-0.05, 0) is 54.5 Å².